The van der Waals surface area contributed by atoms with Gasteiger partial charge in [-0.25, -0.2) is 0 Å². The van der Waals surface area contributed by atoms with Crippen LogP contribution in [0.5, 0.6) is 0 Å². The Balaban J connectivity index is 2.62. The van der Waals surface area contributed by atoms with E-state index in [1.54, 1.807) is 4.68 Å². The van der Waals surface area contributed by atoms with Gasteiger partial charge in [0.1, 0.15) is 6.61 Å². The Hall–Kier alpha value is -0.720. The maximum Gasteiger partial charge on any atom is 0.349 e. The van der Waals surface area contributed by atoms with Crippen molar-refractivity contribution in [1.29, 1.82) is 0 Å². The van der Waals surface area contributed by atoms with Crippen LogP contribution in [0.3, 0.4) is 0 Å². The zero-order valence-corrected chi connectivity index (χ0v) is 10.3. The minimum Gasteiger partial charge on any atom is -0.272 e. The molecule has 0 aliphatic carbocycles. The second-order valence-corrected chi connectivity index (χ2v) is 5.28. The van der Waals surface area contributed by atoms with Crippen molar-refractivity contribution >= 4 is 10.5 Å². The second-order valence-electron chi connectivity index (χ2n) is 3.58. The predicted molar refractivity (Wildman–Crippen MR) is 58.9 cm³/mol. The molecule has 1 heterocycles. The Morgan fingerprint density at radius 3 is 2.53 bits per heavy atom. The molecule has 1 unspecified atom stereocenters. The van der Waals surface area contributed by atoms with Crippen LogP contribution in [0, 0.1) is 13.8 Å². The third-order valence-corrected chi connectivity index (χ3v) is 2.92. The van der Waals surface area contributed by atoms with Crippen LogP contribution < -0.4 is 0 Å². The van der Waals surface area contributed by atoms with E-state index in [9.17, 15) is 4.21 Å². The minimum absolute atomic E-state index is 0.235. The van der Waals surface area contributed by atoms with Crippen LogP contribution in [0.25, 0.3) is 0 Å². The predicted octanol–water partition coefficient (Wildman–Crippen LogP) is 1.11. The lowest BCUT2D eigenvalue weighted by molar-refractivity contribution is 0.286. The summed E-state index contributed by atoms with van der Waals surface area (Å²) in [5.41, 5.74) is 3.09. The van der Waals surface area contributed by atoms with E-state index in [1.165, 1.54) is 0 Å². The summed E-state index contributed by atoms with van der Waals surface area (Å²) < 4.78 is 26.4. The normalized spacial score (nSPS) is 15.3. The number of hydrogen-bond donors (Lipinski definition) is 1. The fourth-order valence-corrected chi connectivity index (χ4v) is 1.87. The molecule has 1 rings (SSSR count). The van der Waals surface area contributed by atoms with Gasteiger partial charge in [-0.2, -0.15) is 9.65 Å². The Morgan fingerprint density at radius 1 is 1.53 bits per heavy atom. The number of rotatable bonds is 4. The maximum atomic E-state index is 10.9. The van der Waals surface area contributed by atoms with Crippen molar-refractivity contribution in [1.82, 2.24) is 9.78 Å². The first kappa shape index (κ1) is 12.4. The van der Waals surface area contributed by atoms with E-state index >= 15 is 0 Å². The third kappa shape index (κ3) is 3.40. The SMILES string of the molecule is Cc1nn(C)c(C)c1CCO[S+](C)(=O)O. The minimum atomic E-state index is -3.09. The van der Waals surface area contributed by atoms with E-state index in [0.717, 1.165) is 23.2 Å². The molecule has 0 aliphatic rings. The van der Waals surface area contributed by atoms with Gasteiger partial charge in [0, 0.05) is 19.2 Å². The highest BCUT2D eigenvalue weighted by Crippen LogP contribution is 2.13. The first-order chi connectivity index (χ1) is 6.81. The van der Waals surface area contributed by atoms with Crippen LogP contribution in [0.1, 0.15) is 17.0 Å². The number of hydrogen-bond acceptors (Lipinski definition) is 3. The average Bonchev–Trinajstić information content (AvgIpc) is 2.29. The molecule has 0 aliphatic heterocycles. The Labute approximate surface area is 90.9 Å². The number of aryl methyl sites for hydroxylation is 2. The van der Waals surface area contributed by atoms with Gasteiger partial charge in [-0.05, 0) is 23.6 Å². The van der Waals surface area contributed by atoms with Crippen molar-refractivity contribution in [3.05, 3.63) is 17.0 Å². The van der Waals surface area contributed by atoms with Gasteiger partial charge in [0.05, 0.1) is 5.69 Å². The molecule has 0 fully saturated rings. The standard InChI is InChI=1S/C9H16N2O3S/c1-7-9(8(2)11(3)10-7)5-6-14-15(4,12)13/h5-6H2,1-4H3/p+1. The molecule has 1 aromatic heterocycles. The van der Waals surface area contributed by atoms with Gasteiger partial charge in [0.2, 0.25) is 0 Å². The van der Waals surface area contributed by atoms with Crippen molar-refractivity contribution in [3.63, 3.8) is 0 Å². The van der Waals surface area contributed by atoms with Gasteiger partial charge in [0.15, 0.2) is 6.26 Å². The molecule has 0 saturated carbocycles. The van der Waals surface area contributed by atoms with Crippen LogP contribution in [0.4, 0.5) is 0 Å². The summed E-state index contributed by atoms with van der Waals surface area (Å²) in [6, 6.07) is 0. The first-order valence-electron chi connectivity index (χ1n) is 4.66. The largest absolute Gasteiger partial charge is 0.349 e. The molecule has 0 aromatic carbocycles. The summed E-state index contributed by atoms with van der Waals surface area (Å²) in [5.74, 6) is 0. The Morgan fingerprint density at radius 2 is 2.13 bits per heavy atom. The average molecular weight is 233 g/mol. The zero-order chi connectivity index (χ0) is 11.6. The van der Waals surface area contributed by atoms with Gasteiger partial charge >= 0.3 is 10.5 Å². The summed E-state index contributed by atoms with van der Waals surface area (Å²) in [6.07, 6.45) is 1.77. The van der Waals surface area contributed by atoms with Crippen LogP contribution in [0.15, 0.2) is 0 Å². The fourth-order valence-electron chi connectivity index (χ4n) is 1.48. The lowest BCUT2D eigenvalue weighted by Gasteiger charge is -2.01. The Kier molecular flexibility index (Phi) is 3.64. The first-order valence-corrected chi connectivity index (χ1v) is 6.51. The molecule has 0 amide bonds. The van der Waals surface area contributed by atoms with Gasteiger partial charge < -0.3 is 0 Å². The molecule has 5 nitrogen and oxygen atoms in total. The highest BCUT2D eigenvalue weighted by molar-refractivity contribution is 7.92. The molecule has 15 heavy (non-hydrogen) atoms. The number of aromatic nitrogens is 2. The van der Waals surface area contributed by atoms with E-state index in [0.29, 0.717) is 6.42 Å². The number of nitrogens with zero attached hydrogens (tertiary/aromatic N) is 2. The summed E-state index contributed by atoms with van der Waals surface area (Å²) in [5, 5.41) is 4.25. The highest BCUT2D eigenvalue weighted by Gasteiger charge is 2.18. The van der Waals surface area contributed by atoms with Crippen LogP contribution in [-0.2, 0) is 32.4 Å². The summed E-state index contributed by atoms with van der Waals surface area (Å²) in [6.45, 7) is 4.13. The van der Waals surface area contributed by atoms with Gasteiger partial charge in [-0.1, -0.05) is 0 Å². The summed E-state index contributed by atoms with van der Waals surface area (Å²) >= 11 is 0. The van der Waals surface area contributed by atoms with E-state index in [-0.39, 0.29) is 6.61 Å². The highest BCUT2D eigenvalue weighted by atomic mass is 32.3. The summed E-state index contributed by atoms with van der Waals surface area (Å²) in [4.78, 5) is 0. The van der Waals surface area contributed by atoms with E-state index in [1.807, 2.05) is 20.9 Å². The molecule has 1 atom stereocenters. The van der Waals surface area contributed by atoms with E-state index in [4.69, 9.17) is 8.74 Å². The molecule has 0 bridgehead atoms. The molecule has 0 spiro atoms. The lowest BCUT2D eigenvalue weighted by atomic mass is 10.1. The topological polar surface area (TPSA) is 64.4 Å². The van der Waals surface area contributed by atoms with Gasteiger partial charge in [-0.3, -0.25) is 4.68 Å². The molecule has 1 aromatic rings. The fraction of sp³-hybridized carbons (Fsp3) is 0.667. The zero-order valence-electron chi connectivity index (χ0n) is 9.48. The van der Waals surface area contributed by atoms with E-state index in [2.05, 4.69) is 5.10 Å². The second kappa shape index (κ2) is 4.42. The molecular formula is C9H17N2O3S+. The molecule has 0 saturated heterocycles. The summed E-state index contributed by atoms with van der Waals surface area (Å²) in [7, 11) is -1.21. The van der Waals surface area contributed by atoms with Crippen molar-refractivity contribution in [2.45, 2.75) is 20.3 Å². The van der Waals surface area contributed by atoms with Crippen molar-refractivity contribution in [3.8, 4) is 0 Å². The monoisotopic (exact) mass is 233 g/mol. The van der Waals surface area contributed by atoms with Crippen molar-refractivity contribution in [2.75, 3.05) is 12.9 Å². The smallest absolute Gasteiger partial charge is 0.272 e. The van der Waals surface area contributed by atoms with Crippen LogP contribution in [-0.4, -0.2) is 27.2 Å². The Bertz CT molecular complexity index is 394. The molecule has 6 heteroatoms. The quantitative estimate of drug-likeness (QED) is 0.791. The maximum absolute atomic E-state index is 10.9. The molecule has 86 valence electrons. The van der Waals surface area contributed by atoms with Gasteiger partial charge in [-0.15, -0.1) is 4.18 Å². The molecular weight excluding hydrogens is 216 g/mol. The third-order valence-electron chi connectivity index (χ3n) is 2.31. The van der Waals surface area contributed by atoms with Crippen LogP contribution in [0.2, 0.25) is 0 Å². The lowest BCUT2D eigenvalue weighted by Crippen LogP contribution is -2.13. The van der Waals surface area contributed by atoms with Crippen LogP contribution >= 0.6 is 0 Å². The van der Waals surface area contributed by atoms with Crippen molar-refractivity contribution in [2.24, 2.45) is 7.05 Å². The van der Waals surface area contributed by atoms with E-state index < -0.39 is 10.5 Å². The molecule has 0 radical (unpaired) electrons. The van der Waals surface area contributed by atoms with Gasteiger partial charge in [0.25, 0.3) is 0 Å². The van der Waals surface area contributed by atoms with Crippen molar-refractivity contribution < 1.29 is 12.9 Å². The molecule has 1 N–H and O–H groups in total.